The highest BCUT2D eigenvalue weighted by atomic mass is 32.2. The van der Waals surface area contributed by atoms with Gasteiger partial charge < -0.3 is 20.1 Å². The van der Waals surface area contributed by atoms with Crippen LogP contribution in [0, 0.1) is 0 Å². The third kappa shape index (κ3) is 6.34. The van der Waals surface area contributed by atoms with Gasteiger partial charge >= 0.3 is 5.97 Å². The van der Waals surface area contributed by atoms with E-state index in [4.69, 9.17) is 0 Å². The Morgan fingerprint density at radius 3 is 2.51 bits per heavy atom. The maximum atomic E-state index is 12.6. The Bertz CT molecular complexity index is 1500. The molecule has 0 amide bonds. The monoisotopic (exact) mass is 522 g/mol. The van der Waals surface area contributed by atoms with Crippen molar-refractivity contribution in [1.29, 1.82) is 0 Å². The van der Waals surface area contributed by atoms with Gasteiger partial charge in [-0.2, -0.15) is 0 Å². The van der Waals surface area contributed by atoms with Gasteiger partial charge in [-0.3, -0.25) is 4.72 Å². The molecule has 1 heterocycles. The maximum absolute atomic E-state index is 12.6. The summed E-state index contributed by atoms with van der Waals surface area (Å²) >= 11 is 0. The molecule has 4 aromatic rings. The Morgan fingerprint density at radius 1 is 1.05 bits per heavy atom. The smallest absolute Gasteiger partial charge is 0.337 e. The lowest BCUT2D eigenvalue weighted by atomic mass is 9.99. The van der Waals surface area contributed by atoms with Gasteiger partial charge in [-0.05, 0) is 62.2 Å². The van der Waals surface area contributed by atoms with Gasteiger partial charge in [0, 0.05) is 24.3 Å². The number of carboxylic acids is 1. The number of nitrogens with one attached hydrogen (secondary N) is 2. The fourth-order valence-corrected chi connectivity index (χ4v) is 5.11. The van der Waals surface area contributed by atoms with E-state index in [1.165, 1.54) is 18.2 Å². The molecule has 9 nitrogen and oxygen atoms in total. The van der Waals surface area contributed by atoms with E-state index in [0.717, 1.165) is 5.52 Å². The second-order valence-electron chi connectivity index (χ2n) is 9.49. The number of sulfonamides is 1. The lowest BCUT2D eigenvalue weighted by Gasteiger charge is -2.28. The average molecular weight is 523 g/mol. The molecule has 3 aromatic carbocycles. The molecule has 0 saturated heterocycles. The van der Waals surface area contributed by atoms with Crippen molar-refractivity contribution >= 4 is 32.7 Å². The number of aromatic carboxylic acids is 1. The molecule has 37 heavy (non-hydrogen) atoms. The number of nitrogens with zero attached hydrogens (tertiary/aromatic N) is 2. The Morgan fingerprint density at radius 2 is 1.78 bits per heavy atom. The largest absolute Gasteiger partial charge is 0.478 e. The fraction of sp³-hybridized carbons (Fsp3) is 0.259. The van der Waals surface area contributed by atoms with Crippen molar-refractivity contribution in [2.45, 2.75) is 43.4 Å². The normalized spacial score (nSPS) is 12.9. The van der Waals surface area contributed by atoms with Crippen molar-refractivity contribution in [2.24, 2.45) is 0 Å². The summed E-state index contributed by atoms with van der Waals surface area (Å²) in [4.78, 5) is 15.9. The van der Waals surface area contributed by atoms with E-state index in [1.807, 2.05) is 24.5 Å². The first kappa shape index (κ1) is 26.3. The number of carbonyl (C=O) groups is 1. The molecule has 0 fully saturated rings. The molecule has 0 bridgehead atoms. The molecule has 1 atom stereocenters. The molecule has 4 N–H and O–H groups in total. The van der Waals surface area contributed by atoms with Crippen LogP contribution in [0.5, 0.6) is 0 Å². The summed E-state index contributed by atoms with van der Waals surface area (Å²) in [5, 5.41) is 23.5. The van der Waals surface area contributed by atoms with E-state index in [0.29, 0.717) is 29.7 Å². The average Bonchev–Trinajstić information content (AvgIpc) is 3.30. The number of imidazole rings is 1. The molecule has 1 unspecified atom stereocenters. The van der Waals surface area contributed by atoms with Crippen molar-refractivity contribution in [1.82, 2.24) is 14.9 Å². The molecule has 0 saturated carbocycles. The van der Waals surface area contributed by atoms with Crippen molar-refractivity contribution in [3.05, 3.63) is 90.3 Å². The number of anilines is 1. The van der Waals surface area contributed by atoms with E-state index in [2.05, 4.69) is 15.0 Å². The van der Waals surface area contributed by atoms with E-state index in [1.54, 1.807) is 54.9 Å². The van der Waals surface area contributed by atoms with E-state index >= 15 is 0 Å². The Kier molecular flexibility index (Phi) is 7.63. The predicted octanol–water partition coefficient (Wildman–Crippen LogP) is 4.03. The number of rotatable bonds is 11. The number of hydrogen-bond acceptors (Lipinski definition) is 6. The number of hydrogen-bond donors (Lipinski definition) is 4. The van der Waals surface area contributed by atoms with Crippen LogP contribution < -0.4 is 10.0 Å². The van der Waals surface area contributed by atoms with Crippen molar-refractivity contribution in [3.8, 4) is 0 Å². The van der Waals surface area contributed by atoms with Gasteiger partial charge in [-0.1, -0.05) is 36.4 Å². The number of β-amino-alcohol motifs (C(OH)–C–C–N with tert-alkyl or cyclic N) is 1. The van der Waals surface area contributed by atoms with E-state index < -0.39 is 22.1 Å². The zero-order valence-electron chi connectivity index (χ0n) is 20.6. The standard InChI is InChI=1S/C27H30N4O5S/c1-27(2,14-15-31-18-28-25-22(26(33)34)12-7-13-23(25)31)29-17-24(32)19-8-6-9-20(16-19)30-37(35,36)21-10-4-3-5-11-21/h3-13,16,18,24,29-30,32H,14-15,17H2,1-2H3,(H,33,34). The third-order valence-corrected chi connectivity index (χ3v) is 7.61. The first-order valence-corrected chi connectivity index (χ1v) is 13.3. The highest BCUT2D eigenvalue weighted by Crippen LogP contribution is 2.23. The van der Waals surface area contributed by atoms with Gasteiger partial charge in [0.25, 0.3) is 10.0 Å². The number of aromatic nitrogens is 2. The van der Waals surface area contributed by atoms with Crippen molar-refractivity contribution in [2.75, 3.05) is 11.3 Å². The topological polar surface area (TPSA) is 134 Å². The first-order valence-electron chi connectivity index (χ1n) is 11.8. The van der Waals surface area contributed by atoms with Crippen LogP contribution in [-0.2, 0) is 16.6 Å². The molecular weight excluding hydrogens is 492 g/mol. The number of benzene rings is 3. The number of fused-ring (bicyclic) bond motifs is 1. The second-order valence-corrected chi connectivity index (χ2v) is 11.2. The van der Waals surface area contributed by atoms with Crippen LogP contribution in [0.2, 0.25) is 0 Å². The third-order valence-electron chi connectivity index (χ3n) is 6.21. The zero-order chi connectivity index (χ0) is 26.6. The molecule has 10 heteroatoms. The van der Waals surface area contributed by atoms with Crippen LogP contribution in [0.1, 0.15) is 42.3 Å². The van der Waals surface area contributed by atoms with Gasteiger partial charge in [0.05, 0.1) is 28.4 Å². The number of para-hydroxylation sites is 1. The number of aliphatic hydroxyl groups is 1. The maximum Gasteiger partial charge on any atom is 0.337 e. The summed E-state index contributed by atoms with van der Waals surface area (Å²) in [6, 6.07) is 19.9. The lowest BCUT2D eigenvalue weighted by molar-refractivity contribution is 0.0698. The van der Waals surface area contributed by atoms with Crippen LogP contribution in [0.4, 0.5) is 5.69 Å². The molecule has 0 aliphatic rings. The molecule has 0 aliphatic heterocycles. The summed E-state index contributed by atoms with van der Waals surface area (Å²) in [5.41, 5.74) is 1.98. The predicted molar refractivity (Wildman–Crippen MR) is 142 cm³/mol. The number of carboxylic acid groups (broad SMARTS) is 1. The summed E-state index contributed by atoms with van der Waals surface area (Å²) < 4.78 is 29.7. The van der Waals surface area contributed by atoms with Crippen LogP contribution in [0.25, 0.3) is 11.0 Å². The minimum atomic E-state index is -3.73. The van der Waals surface area contributed by atoms with Gasteiger partial charge in [-0.15, -0.1) is 0 Å². The molecule has 0 spiro atoms. The minimum Gasteiger partial charge on any atom is -0.478 e. The van der Waals surface area contributed by atoms with Crippen LogP contribution in [-0.4, -0.2) is 46.2 Å². The SMILES string of the molecule is CC(C)(CCn1cnc2c(C(=O)O)cccc21)NCC(O)c1cccc(NS(=O)(=O)c2ccccc2)c1. The summed E-state index contributed by atoms with van der Waals surface area (Å²) in [6.45, 7) is 4.90. The Balaban J connectivity index is 1.37. The number of aryl methyl sites for hydroxylation is 1. The second kappa shape index (κ2) is 10.7. The van der Waals surface area contributed by atoms with Gasteiger partial charge in [-0.25, -0.2) is 18.2 Å². The summed E-state index contributed by atoms with van der Waals surface area (Å²) in [6.07, 6.45) is 1.48. The Labute approximate surface area is 215 Å². The highest BCUT2D eigenvalue weighted by Gasteiger charge is 2.21. The summed E-state index contributed by atoms with van der Waals surface area (Å²) in [5.74, 6) is -1.01. The Hall–Kier alpha value is -3.73. The van der Waals surface area contributed by atoms with Crippen molar-refractivity contribution < 1.29 is 23.4 Å². The molecule has 0 aliphatic carbocycles. The minimum absolute atomic E-state index is 0.161. The number of aliphatic hydroxyl groups excluding tert-OH is 1. The molecule has 1 aromatic heterocycles. The molecular formula is C27H30N4O5S. The van der Waals surface area contributed by atoms with Gasteiger partial charge in [0.15, 0.2) is 0 Å². The van der Waals surface area contributed by atoms with Crippen LogP contribution in [0.3, 0.4) is 0 Å². The van der Waals surface area contributed by atoms with E-state index in [9.17, 15) is 23.4 Å². The fourth-order valence-electron chi connectivity index (χ4n) is 4.04. The quantitative estimate of drug-likeness (QED) is 0.234. The van der Waals surface area contributed by atoms with E-state index in [-0.39, 0.29) is 22.5 Å². The van der Waals surface area contributed by atoms with Gasteiger partial charge in [0.1, 0.15) is 5.52 Å². The van der Waals surface area contributed by atoms with Gasteiger partial charge in [0.2, 0.25) is 0 Å². The summed E-state index contributed by atoms with van der Waals surface area (Å²) in [7, 11) is -3.73. The molecule has 4 rings (SSSR count). The highest BCUT2D eigenvalue weighted by molar-refractivity contribution is 7.92. The zero-order valence-corrected chi connectivity index (χ0v) is 21.4. The van der Waals surface area contributed by atoms with Crippen LogP contribution >= 0.6 is 0 Å². The first-order chi connectivity index (χ1) is 17.6. The molecule has 0 radical (unpaired) electrons. The lowest BCUT2D eigenvalue weighted by Crippen LogP contribution is -2.42. The van der Waals surface area contributed by atoms with Crippen molar-refractivity contribution in [3.63, 3.8) is 0 Å². The molecule has 194 valence electrons. The van der Waals surface area contributed by atoms with Crippen LogP contribution in [0.15, 0.2) is 84.0 Å².